The van der Waals surface area contributed by atoms with Gasteiger partial charge in [-0.15, -0.1) is 0 Å². The van der Waals surface area contributed by atoms with E-state index in [1.165, 1.54) is 12.1 Å². The van der Waals surface area contributed by atoms with E-state index >= 15 is 0 Å². The molecule has 1 amide bonds. The fraction of sp³-hybridized carbons (Fsp3) is 0.316. The number of anilines is 2. The highest BCUT2D eigenvalue weighted by molar-refractivity contribution is 6.34. The van der Waals surface area contributed by atoms with Crippen LogP contribution in [0.15, 0.2) is 36.4 Å². The summed E-state index contributed by atoms with van der Waals surface area (Å²) in [5.74, 6) is -0.823. The first-order valence-electron chi connectivity index (χ1n) is 8.88. The summed E-state index contributed by atoms with van der Waals surface area (Å²) in [6.45, 7) is 1.32. The first-order valence-corrected chi connectivity index (χ1v) is 9.26. The first kappa shape index (κ1) is 20.9. The highest BCUT2D eigenvalue weighted by atomic mass is 35.5. The minimum atomic E-state index is -4.58. The Morgan fingerprint density at radius 3 is 2.41 bits per heavy atom. The molecule has 6 nitrogen and oxygen atoms in total. The second-order valence-corrected chi connectivity index (χ2v) is 7.06. The molecule has 154 valence electrons. The van der Waals surface area contributed by atoms with Gasteiger partial charge in [0.05, 0.1) is 32.4 Å². The number of carbonyl (C=O) groups is 1. The molecule has 29 heavy (non-hydrogen) atoms. The van der Waals surface area contributed by atoms with E-state index in [0.717, 1.165) is 43.5 Å². The molecule has 0 aromatic heterocycles. The van der Waals surface area contributed by atoms with Gasteiger partial charge in [-0.05, 0) is 43.5 Å². The molecule has 0 unspecified atom stereocenters. The minimum absolute atomic E-state index is 0.0192. The molecule has 1 aliphatic rings. The molecule has 0 atom stereocenters. The lowest BCUT2D eigenvalue weighted by atomic mass is 10.1. The Morgan fingerprint density at radius 1 is 1.10 bits per heavy atom. The normalized spacial score (nSPS) is 14.6. The minimum Gasteiger partial charge on any atom is -0.370 e. The van der Waals surface area contributed by atoms with E-state index in [1.54, 1.807) is 0 Å². The van der Waals surface area contributed by atoms with Crippen molar-refractivity contribution in [2.45, 2.75) is 25.4 Å². The van der Waals surface area contributed by atoms with Crippen LogP contribution < -0.4 is 10.2 Å². The van der Waals surface area contributed by atoms with Gasteiger partial charge >= 0.3 is 6.18 Å². The van der Waals surface area contributed by atoms with Crippen molar-refractivity contribution in [3.63, 3.8) is 0 Å². The van der Waals surface area contributed by atoms with Crippen LogP contribution in [0.25, 0.3) is 0 Å². The van der Waals surface area contributed by atoms with Crippen LogP contribution in [0.5, 0.6) is 0 Å². The van der Waals surface area contributed by atoms with Crippen LogP contribution in [-0.4, -0.2) is 23.9 Å². The zero-order valence-corrected chi connectivity index (χ0v) is 15.9. The van der Waals surface area contributed by atoms with Crippen LogP contribution in [0.2, 0.25) is 5.02 Å². The standard InChI is InChI=1S/C19H17ClF3N3O3/c20-15-6-5-13(26(28)29)11-14(15)18(27)24-16-10-12(19(21,22)23)4-7-17(16)25-8-2-1-3-9-25/h4-7,10-11H,1-3,8-9H2,(H,24,27). The summed E-state index contributed by atoms with van der Waals surface area (Å²) in [7, 11) is 0. The number of nitrogens with zero attached hydrogens (tertiary/aromatic N) is 2. The molecular weight excluding hydrogens is 411 g/mol. The SMILES string of the molecule is O=C(Nc1cc(C(F)(F)F)ccc1N1CCCCC1)c1cc([N+](=O)[O-])ccc1Cl. The lowest BCUT2D eigenvalue weighted by Gasteiger charge is -2.31. The van der Waals surface area contributed by atoms with E-state index < -0.39 is 22.6 Å². The van der Waals surface area contributed by atoms with Gasteiger partial charge < -0.3 is 10.2 Å². The number of carbonyl (C=O) groups excluding carboxylic acids is 1. The van der Waals surface area contributed by atoms with Gasteiger partial charge in [0, 0.05) is 25.2 Å². The van der Waals surface area contributed by atoms with Gasteiger partial charge in [-0.1, -0.05) is 11.6 Å². The molecular formula is C19H17ClF3N3O3. The topological polar surface area (TPSA) is 75.5 Å². The van der Waals surface area contributed by atoms with Crippen LogP contribution in [0.4, 0.5) is 30.2 Å². The molecule has 0 spiro atoms. The molecule has 0 saturated carbocycles. The Labute approximate surface area is 169 Å². The second-order valence-electron chi connectivity index (χ2n) is 6.65. The summed E-state index contributed by atoms with van der Waals surface area (Å²) < 4.78 is 39.6. The molecule has 1 N–H and O–H groups in total. The number of hydrogen-bond acceptors (Lipinski definition) is 4. The van der Waals surface area contributed by atoms with Crippen LogP contribution >= 0.6 is 11.6 Å². The zero-order valence-electron chi connectivity index (χ0n) is 15.1. The molecule has 1 heterocycles. The quantitative estimate of drug-likeness (QED) is 0.515. The molecule has 1 aliphatic heterocycles. The lowest BCUT2D eigenvalue weighted by molar-refractivity contribution is -0.384. The van der Waals surface area contributed by atoms with Crippen molar-refractivity contribution in [3.05, 3.63) is 62.7 Å². The number of benzene rings is 2. The predicted octanol–water partition coefficient (Wildman–Crippen LogP) is 5.51. The maximum Gasteiger partial charge on any atom is 0.416 e. The Kier molecular flexibility index (Phi) is 5.97. The van der Waals surface area contributed by atoms with Crippen LogP contribution in [-0.2, 0) is 6.18 Å². The van der Waals surface area contributed by atoms with Gasteiger partial charge in [0.1, 0.15) is 0 Å². The summed E-state index contributed by atoms with van der Waals surface area (Å²) >= 11 is 5.98. The smallest absolute Gasteiger partial charge is 0.370 e. The molecule has 2 aromatic carbocycles. The van der Waals surface area contributed by atoms with Gasteiger partial charge in [-0.25, -0.2) is 0 Å². The van der Waals surface area contributed by atoms with E-state index in [-0.39, 0.29) is 22.0 Å². The third kappa shape index (κ3) is 4.79. The molecule has 2 aromatic rings. The zero-order chi connectivity index (χ0) is 21.2. The highest BCUT2D eigenvalue weighted by Gasteiger charge is 2.32. The number of rotatable bonds is 4. The predicted molar refractivity (Wildman–Crippen MR) is 104 cm³/mol. The molecule has 10 heteroatoms. The number of amides is 1. The van der Waals surface area contributed by atoms with Crippen molar-refractivity contribution in [3.8, 4) is 0 Å². The Bertz CT molecular complexity index is 944. The number of alkyl halides is 3. The van der Waals surface area contributed by atoms with Crippen molar-refractivity contribution in [2.24, 2.45) is 0 Å². The molecule has 0 radical (unpaired) electrons. The summed E-state index contributed by atoms with van der Waals surface area (Å²) in [5.41, 5.74) is -0.997. The lowest BCUT2D eigenvalue weighted by Crippen LogP contribution is -2.30. The largest absolute Gasteiger partial charge is 0.416 e. The molecule has 3 rings (SSSR count). The van der Waals surface area contributed by atoms with Gasteiger partial charge in [-0.2, -0.15) is 13.2 Å². The van der Waals surface area contributed by atoms with Crippen LogP contribution in [0, 0.1) is 10.1 Å². The van der Waals surface area contributed by atoms with E-state index in [2.05, 4.69) is 5.32 Å². The van der Waals surface area contributed by atoms with Gasteiger partial charge in [0.15, 0.2) is 0 Å². The third-order valence-electron chi connectivity index (χ3n) is 4.67. The second kappa shape index (κ2) is 8.28. The summed E-state index contributed by atoms with van der Waals surface area (Å²) in [5, 5.41) is 13.4. The molecule has 1 saturated heterocycles. The van der Waals surface area contributed by atoms with Gasteiger partial charge in [0.25, 0.3) is 11.6 Å². The van der Waals surface area contributed by atoms with Crippen molar-refractivity contribution in [2.75, 3.05) is 23.3 Å². The van der Waals surface area contributed by atoms with Crippen molar-refractivity contribution < 1.29 is 22.9 Å². The fourth-order valence-corrected chi connectivity index (χ4v) is 3.42. The number of nitro groups is 1. The van der Waals surface area contributed by atoms with E-state index in [1.807, 2.05) is 4.90 Å². The fourth-order valence-electron chi connectivity index (χ4n) is 3.21. The average molecular weight is 428 g/mol. The number of nitrogens with one attached hydrogen (secondary N) is 1. The Balaban J connectivity index is 1.98. The molecule has 0 aliphatic carbocycles. The first-order chi connectivity index (χ1) is 13.7. The summed E-state index contributed by atoms with van der Waals surface area (Å²) in [6.07, 6.45) is -1.76. The number of nitro benzene ring substituents is 1. The summed E-state index contributed by atoms with van der Waals surface area (Å²) in [6, 6.07) is 6.51. The van der Waals surface area contributed by atoms with E-state index in [9.17, 15) is 28.1 Å². The molecule has 0 bridgehead atoms. The average Bonchev–Trinajstić information content (AvgIpc) is 2.68. The number of hydrogen-bond donors (Lipinski definition) is 1. The van der Waals surface area contributed by atoms with Gasteiger partial charge in [0.2, 0.25) is 0 Å². The Morgan fingerprint density at radius 2 is 1.79 bits per heavy atom. The highest BCUT2D eigenvalue weighted by Crippen LogP contribution is 2.37. The Hall–Kier alpha value is -2.81. The third-order valence-corrected chi connectivity index (χ3v) is 5.00. The summed E-state index contributed by atoms with van der Waals surface area (Å²) in [4.78, 5) is 24.9. The maximum absolute atomic E-state index is 13.2. The van der Waals surface area contributed by atoms with E-state index in [0.29, 0.717) is 18.8 Å². The van der Waals surface area contributed by atoms with Gasteiger partial charge in [-0.3, -0.25) is 14.9 Å². The van der Waals surface area contributed by atoms with Crippen molar-refractivity contribution >= 4 is 34.6 Å². The van der Waals surface area contributed by atoms with Crippen molar-refractivity contribution in [1.29, 1.82) is 0 Å². The number of piperidine rings is 1. The maximum atomic E-state index is 13.2. The molecule has 1 fully saturated rings. The monoisotopic (exact) mass is 427 g/mol. The van der Waals surface area contributed by atoms with Crippen LogP contribution in [0.1, 0.15) is 35.2 Å². The van der Waals surface area contributed by atoms with Crippen molar-refractivity contribution in [1.82, 2.24) is 0 Å². The van der Waals surface area contributed by atoms with E-state index in [4.69, 9.17) is 11.6 Å². The number of non-ortho nitro benzene ring substituents is 1. The number of halogens is 4. The van der Waals surface area contributed by atoms with Crippen LogP contribution in [0.3, 0.4) is 0 Å².